The van der Waals surface area contributed by atoms with Crippen LogP contribution in [0, 0.1) is 6.92 Å². The molecule has 0 saturated carbocycles. The van der Waals surface area contributed by atoms with Crippen molar-refractivity contribution in [1.29, 1.82) is 0 Å². The van der Waals surface area contributed by atoms with Gasteiger partial charge in [0.15, 0.2) is 0 Å². The molecule has 1 aliphatic rings. The van der Waals surface area contributed by atoms with Crippen molar-refractivity contribution in [1.82, 2.24) is 9.91 Å². The molecule has 3 nitrogen and oxygen atoms in total. The van der Waals surface area contributed by atoms with Gasteiger partial charge in [0.25, 0.3) is 0 Å². The third kappa shape index (κ3) is 3.75. The molecule has 0 aliphatic carbocycles. The summed E-state index contributed by atoms with van der Waals surface area (Å²) in [5.41, 5.74) is 2.73. The van der Waals surface area contributed by atoms with Crippen molar-refractivity contribution in [3.05, 3.63) is 69.9 Å². The van der Waals surface area contributed by atoms with Gasteiger partial charge in [-0.1, -0.05) is 42.5 Å². The first kappa shape index (κ1) is 16.3. The predicted octanol–water partition coefficient (Wildman–Crippen LogP) is 4.36. The van der Waals surface area contributed by atoms with Crippen molar-refractivity contribution in [2.24, 2.45) is 5.10 Å². The van der Waals surface area contributed by atoms with Gasteiger partial charge >= 0.3 is 0 Å². The zero-order valence-corrected chi connectivity index (χ0v) is 15.4. The van der Waals surface area contributed by atoms with Gasteiger partial charge in [-0.3, -0.25) is 9.91 Å². The highest BCUT2D eigenvalue weighted by atomic mass is 32.1. The van der Waals surface area contributed by atoms with Gasteiger partial charge in [0, 0.05) is 37.6 Å². The molecular weight excluding hydrogens is 326 g/mol. The molecule has 1 saturated heterocycles. The Bertz CT molecular complexity index is 870. The van der Waals surface area contributed by atoms with Crippen LogP contribution in [-0.4, -0.2) is 42.3 Å². The number of aryl methyl sites for hydroxylation is 1. The van der Waals surface area contributed by atoms with Crippen LogP contribution >= 0.6 is 11.3 Å². The lowest BCUT2D eigenvalue weighted by molar-refractivity contribution is 0.131. The molecule has 4 rings (SSSR count). The normalized spacial score (nSPS) is 16.1. The molecule has 0 amide bonds. The Morgan fingerprint density at radius 2 is 1.80 bits per heavy atom. The molecular formula is C21H23N3S. The Kier molecular flexibility index (Phi) is 4.81. The molecule has 1 fully saturated rings. The van der Waals surface area contributed by atoms with Crippen LogP contribution in [0.3, 0.4) is 0 Å². The molecule has 1 aromatic heterocycles. The summed E-state index contributed by atoms with van der Waals surface area (Å²) in [7, 11) is 0. The van der Waals surface area contributed by atoms with Crippen LogP contribution < -0.4 is 0 Å². The molecule has 0 unspecified atom stereocenters. The fourth-order valence-corrected chi connectivity index (χ4v) is 4.11. The van der Waals surface area contributed by atoms with E-state index in [1.54, 1.807) is 11.3 Å². The second kappa shape index (κ2) is 7.38. The average Bonchev–Trinajstić information content (AvgIpc) is 3.06. The fourth-order valence-electron chi connectivity index (χ4n) is 3.33. The van der Waals surface area contributed by atoms with E-state index in [-0.39, 0.29) is 0 Å². The second-order valence-corrected chi connectivity index (χ2v) is 7.53. The summed E-state index contributed by atoms with van der Waals surface area (Å²) in [6.45, 7) is 7.26. The van der Waals surface area contributed by atoms with Gasteiger partial charge in [0.05, 0.1) is 6.21 Å². The van der Waals surface area contributed by atoms with E-state index in [1.807, 2.05) is 6.21 Å². The van der Waals surface area contributed by atoms with E-state index in [0.717, 1.165) is 32.7 Å². The van der Waals surface area contributed by atoms with Crippen molar-refractivity contribution >= 4 is 28.3 Å². The van der Waals surface area contributed by atoms with Crippen molar-refractivity contribution in [3.63, 3.8) is 0 Å². The highest BCUT2D eigenvalue weighted by molar-refractivity contribution is 7.11. The Morgan fingerprint density at radius 1 is 1.00 bits per heavy atom. The van der Waals surface area contributed by atoms with Gasteiger partial charge in [-0.05, 0) is 40.3 Å². The minimum Gasteiger partial charge on any atom is -0.295 e. The third-order valence-electron chi connectivity index (χ3n) is 4.86. The van der Waals surface area contributed by atoms with Crippen LogP contribution in [0.2, 0.25) is 0 Å². The smallest absolute Gasteiger partial charge is 0.0645 e. The number of nitrogens with zero attached hydrogens (tertiary/aromatic N) is 3. The van der Waals surface area contributed by atoms with Crippen LogP contribution in [0.15, 0.2) is 59.0 Å². The van der Waals surface area contributed by atoms with Gasteiger partial charge in [0.2, 0.25) is 0 Å². The molecule has 0 radical (unpaired) electrons. The van der Waals surface area contributed by atoms with E-state index in [1.165, 1.54) is 26.8 Å². The Morgan fingerprint density at radius 3 is 2.60 bits per heavy atom. The summed E-state index contributed by atoms with van der Waals surface area (Å²) in [5.74, 6) is 0. The summed E-state index contributed by atoms with van der Waals surface area (Å²) in [6.07, 6.45) is 2.01. The van der Waals surface area contributed by atoms with Crippen molar-refractivity contribution in [2.75, 3.05) is 26.2 Å². The van der Waals surface area contributed by atoms with Gasteiger partial charge < -0.3 is 0 Å². The predicted molar refractivity (Wildman–Crippen MR) is 107 cm³/mol. The number of rotatable bonds is 4. The Balaban J connectivity index is 1.37. The SMILES string of the molecule is Cc1ccsc1/C=N\N1CCN(Cc2cccc3ccccc23)CC1. The lowest BCUT2D eigenvalue weighted by atomic mass is 10.0. The van der Waals surface area contributed by atoms with Crippen molar-refractivity contribution in [3.8, 4) is 0 Å². The molecule has 0 spiro atoms. The molecule has 0 bridgehead atoms. The molecule has 0 N–H and O–H groups in total. The Hall–Kier alpha value is -2.17. The topological polar surface area (TPSA) is 18.8 Å². The molecule has 0 atom stereocenters. The highest BCUT2D eigenvalue weighted by Crippen LogP contribution is 2.20. The average molecular weight is 350 g/mol. The number of thiophene rings is 1. The maximum Gasteiger partial charge on any atom is 0.0645 e. The first-order valence-electron chi connectivity index (χ1n) is 8.81. The second-order valence-electron chi connectivity index (χ2n) is 6.58. The summed E-state index contributed by atoms with van der Waals surface area (Å²) in [4.78, 5) is 3.79. The molecule has 128 valence electrons. The molecule has 25 heavy (non-hydrogen) atoms. The fraction of sp³-hybridized carbons (Fsp3) is 0.286. The van der Waals surface area contributed by atoms with E-state index in [4.69, 9.17) is 0 Å². The number of benzene rings is 2. The monoisotopic (exact) mass is 349 g/mol. The van der Waals surface area contributed by atoms with Gasteiger partial charge in [-0.15, -0.1) is 11.3 Å². The first-order chi connectivity index (χ1) is 12.3. The number of hydrogen-bond donors (Lipinski definition) is 0. The largest absolute Gasteiger partial charge is 0.295 e. The van der Waals surface area contributed by atoms with E-state index in [0.29, 0.717) is 0 Å². The Labute approximate surface area is 153 Å². The minimum absolute atomic E-state index is 0.992. The van der Waals surface area contributed by atoms with Gasteiger partial charge in [0.1, 0.15) is 0 Å². The van der Waals surface area contributed by atoms with E-state index in [2.05, 4.69) is 75.8 Å². The van der Waals surface area contributed by atoms with Crippen LogP contribution in [0.4, 0.5) is 0 Å². The molecule has 2 aromatic carbocycles. The number of piperazine rings is 1. The molecule has 4 heteroatoms. The van der Waals surface area contributed by atoms with Crippen LogP contribution in [-0.2, 0) is 6.54 Å². The maximum absolute atomic E-state index is 4.67. The van der Waals surface area contributed by atoms with Gasteiger partial charge in [-0.25, -0.2) is 0 Å². The van der Waals surface area contributed by atoms with E-state index >= 15 is 0 Å². The number of hydrogen-bond acceptors (Lipinski definition) is 4. The van der Waals surface area contributed by atoms with Crippen molar-refractivity contribution < 1.29 is 0 Å². The molecule has 2 heterocycles. The summed E-state index contributed by atoms with van der Waals surface area (Å²) >= 11 is 1.76. The number of hydrazone groups is 1. The third-order valence-corrected chi connectivity index (χ3v) is 5.82. The van der Waals surface area contributed by atoms with Gasteiger partial charge in [-0.2, -0.15) is 5.10 Å². The minimum atomic E-state index is 0.992. The standard InChI is InChI=1S/C21H23N3S/c1-17-9-14-25-21(17)15-22-24-12-10-23(11-13-24)16-19-7-4-6-18-5-2-3-8-20(18)19/h2-9,14-15H,10-13,16H2,1H3/b22-15-. The summed E-state index contributed by atoms with van der Waals surface area (Å²) in [6, 6.07) is 17.4. The first-order valence-corrected chi connectivity index (χ1v) is 9.69. The van der Waals surface area contributed by atoms with E-state index in [9.17, 15) is 0 Å². The number of fused-ring (bicyclic) bond motifs is 1. The van der Waals surface area contributed by atoms with Crippen LogP contribution in [0.5, 0.6) is 0 Å². The summed E-state index contributed by atoms with van der Waals surface area (Å²) in [5, 5.41) is 11.7. The molecule has 1 aliphatic heterocycles. The lowest BCUT2D eigenvalue weighted by Gasteiger charge is -2.33. The summed E-state index contributed by atoms with van der Waals surface area (Å²) < 4.78 is 0. The highest BCUT2D eigenvalue weighted by Gasteiger charge is 2.16. The van der Waals surface area contributed by atoms with Crippen LogP contribution in [0.25, 0.3) is 10.8 Å². The zero-order valence-electron chi connectivity index (χ0n) is 14.6. The van der Waals surface area contributed by atoms with E-state index < -0.39 is 0 Å². The maximum atomic E-state index is 4.67. The van der Waals surface area contributed by atoms with Crippen molar-refractivity contribution in [2.45, 2.75) is 13.5 Å². The zero-order chi connectivity index (χ0) is 17.1. The quantitative estimate of drug-likeness (QED) is 0.652. The van der Waals surface area contributed by atoms with Crippen LogP contribution in [0.1, 0.15) is 16.0 Å². The molecule has 3 aromatic rings. The lowest BCUT2D eigenvalue weighted by Crippen LogP contribution is -2.43.